The van der Waals surface area contributed by atoms with Crippen molar-refractivity contribution >= 4 is 22.4 Å². The van der Waals surface area contributed by atoms with Crippen LogP contribution in [0.4, 0.5) is 5.13 Å². The molecule has 0 aliphatic heterocycles. The molecule has 5 heteroatoms. The summed E-state index contributed by atoms with van der Waals surface area (Å²) < 4.78 is 2.33. The lowest BCUT2D eigenvalue weighted by atomic mass is 10.2. The first-order valence-electron chi connectivity index (χ1n) is 7.94. The SMILES string of the molecule is CCCn1c(C)cc(-c2csc(NC(=O)[C@@H]3C[C@H]3C)n2)c1C. The van der Waals surface area contributed by atoms with Crippen LogP contribution in [0.25, 0.3) is 11.3 Å². The van der Waals surface area contributed by atoms with Gasteiger partial charge in [0.15, 0.2) is 5.13 Å². The first-order valence-corrected chi connectivity index (χ1v) is 8.82. The maximum absolute atomic E-state index is 12.0. The van der Waals surface area contributed by atoms with Crippen molar-refractivity contribution in [2.24, 2.45) is 11.8 Å². The lowest BCUT2D eigenvalue weighted by molar-refractivity contribution is -0.117. The van der Waals surface area contributed by atoms with Crippen LogP contribution in [-0.2, 0) is 11.3 Å². The standard InChI is InChI=1S/C17H23N3OS/c1-5-6-20-11(3)8-14(12(20)4)15-9-22-17(18-15)19-16(21)13-7-10(13)2/h8-10,13H,5-7H2,1-4H3,(H,18,19,21)/t10-,13-/m1/s1. The monoisotopic (exact) mass is 317 g/mol. The highest BCUT2D eigenvalue weighted by molar-refractivity contribution is 7.14. The second-order valence-corrected chi connectivity index (χ2v) is 7.14. The van der Waals surface area contributed by atoms with E-state index in [2.05, 4.69) is 48.6 Å². The van der Waals surface area contributed by atoms with Gasteiger partial charge in [0, 0.05) is 34.8 Å². The first-order chi connectivity index (χ1) is 10.5. The molecule has 1 aliphatic carbocycles. The van der Waals surface area contributed by atoms with Gasteiger partial charge in [-0.3, -0.25) is 4.79 Å². The molecule has 1 fully saturated rings. The Bertz CT molecular complexity index is 701. The van der Waals surface area contributed by atoms with Crippen molar-refractivity contribution in [3.05, 3.63) is 22.8 Å². The zero-order valence-electron chi connectivity index (χ0n) is 13.6. The van der Waals surface area contributed by atoms with E-state index < -0.39 is 0 Å². The summed E-state index contributed by atoms with van der Waals surface area (Å²) >= 11 is 1.50. The molecule has 1 saturated carbocycles. The molecule has 4 nitrogen and oxygen atoms in total. The van der Waals surface area contributed by atoms with Crippen LogP contribution in [-0.4, -0.2) is 15.5 Å². The number of thiazole rings is 1. The summed E-state index contributed by atoms with van der Waals surface area (Å²) in [5.74, 6) is 0.819. The number of aryl methyl sites for hydroxylation is 1. The summed E-state index contributed by atoms with van der Waals surface area (Å²) in [6.45, 7) is 9.61. The molecule has 118 valence electrons. The maximum Gasteiger partial charge on any atom is 0.229 e. The number of anilines is 1. The summed E-state index contributed by atoms with van der Waals surface area (Å²) in [6.07, 6.45) is 2.12. The molecule has 1 aliphatic rings. The smallest absolute Gasteiger partial charge is 0.229 e. The molecular weight excluding hydrogens is 294 g/mol. The number of hydrogen-bond acceptors (Lipinski definition) is 3. The van der Waals surface area contributed by atoms with E-state index in [9.17, 15) is 4.79 Å². The predicted molar refractivity (Wildman–Crippen MR) is 91.2 cm³/mol. The van der Waals surface area contributed by atoms with Gasteiger partial charge in [-0.2, -0.15) is 0 Å². The van der Waals surface area contributed by atoms with Crippen LogP contribution >= 0.6 is 11.3 Å². The molecule has 0 unspecified atom stereocenters. The second kappa shape index (κ2) is 5.88. The number of carbonyl (C=O) groups is 1. The molecule has 0 spiro atoms. The average molecular weight is 317 g/mol. The summed E-state index contributed by atoms with van der Waals surface area (Å²) in [5.41, 5.74) is 4.64. The van der Waals surface area contributed by atoms with Gasteiger partial charge in [-0.05, 0) is 38.7 Å². The lowest BCUT2D eigenvalue weighted by Gasteiger charge is -2.07. The Morgan fingerprint density at radius 2 is 2.23 bits per heavy atom. The zero-order chi connectivity index (χ0) is 15.9. The van der Waals surface area contributed by atoms with Crippen LogP contribution in [0.2, 0.25) is 0 Å². The first kappa shape index (κ1) is 15.3. The van der Waals surface area contributed by atoms with Crippen molar-refractivity contribution in [1.82, 2.24) is 9.55 Å². The van der Waals surface area contributed by atoms with Crippen molar-refractivity contribution < 1.29 is 4.79 Å². The quantitative estimate of drug-likeness (QED) is 0.897. The molecule has 0 aromatic carbocycles. The van der Waals surface area contributed by atoms with Gasteiger partial charge in [0.25, 0.3) is 0 Å². The summed E-state index contributed by atoms with van der Waals surface area (Å²) in [4.78, 5) is 16.6. The van der Waals surface area contributed by atoms with Crippen LogP contribution in [0.3, 0.4) is 0 Å². The molecule has 1 N–H and O–H groups in total. The van der Waals surface area contributed by atoms with Crippen LogP contribution in [0.1, 0.15) is 38.1 Å². The Kier molecular flexibility index (Phi) is 4.08. The number of amides is 1. The van der Waals surface area contributed by atoms with Gasteiger partial charge in [-0.15, -0.1) is 11.3 Å². The number of hydrogen-bond donors (Lipinski definition) is 1. The number of nitrogens with one attached hydrogen (secondary N) is 1. The molecule has 2 aromatic heterocycles. The summed E-state index contributed by atoms with van der Waals surface area (Å²) in [7, 11) is 0. The van der Waals surface area contributed by atoms with Crippen molar-refractivity contribution in [3.63, 3.8) is 0 Å². The van der Waals surface area contributed by atoms with Gasteiger partial charge in [-0.1, -0.05) is 13.8 Å². The Labute approximate surface area is 135 Å². The van der Waals surface area contributed by atoms with Crippen LogP contribution < -0.4 is 5.32 Å². The highest BCUT2D eigenvalue weighted by Crippen LogP contribution is 2.39. The molecule has 2 heterocycles. The van der Waals surface area contributed by atoms with E-state index in [0.29, 0.717) is 11.0 Å². The average Bonchev–Trinajstić information content (AvgIpc) is 2.92. The van der Waals surface area contributed by atoms with E-state index >= 15 is 0 Å². The van der Waals surface area contributed by atoms with Crippen molar-refractivity contribution in [1.29, 1.82) is 0 Å². The van der Waals surface area contributed by atoms with Crippen molar-refractivity contribution in [2.75, 3.05) is 5.32 Å². The Balaban J connectivity index is 1.79. The number of aromatic nitrogens is 2. The second-order valence-electron chi connectivity index (χ2n) is 6.28. The van der Waals surface area contributed by atoms with Gasteiger partial charge in [0.2, 0.25) is 5.91 Å². The largest absolute Gasteiger partial charge is 0.348 e. The third-order valence-corrected chi connectivity index (χ3v) is 5.24. The minimum Gasteiger partial charge on any atom is -0.348 e. The number of rotatable bonds is 5. The van der Waals surface area contributed by atoms with E-state index in [-0.39, 0.29) is 11.8 Å². The van der Waals surface area contributed by atoms with Crippen molar-refractivity contribution in [2.45, 2.75) is 47.1 Å². The fraction of sp³-hybridized carbons (Fsp3) is 0.529. The van der Waals surface area contributed by atoms with Gasteiger partial charge in [0.1, 0.15) is 0 Å². The molecule has 2 atom stereocenters. The molecule has 2 aromatic rings. The minimum absolute atomic E-state index is 0.116. The molecule has 0 radical (unpaired) electrons. The fourth-order valence-corrected chi connectivity index (χ4v) is 3.68. The normalized spacial score (nSPS) is 20.2. The van der Waals surface area contributed by atoms with Crippen LogP contribution in [0, 0.1) is 25.7 Å². The Hall–Kier alpha value is -1.62. The van der Waals surface area contributed by atoms with E-state index in [1.807, 2.05) is 5.38 Å². The van der Waals surface area contributed by atoms with Crippen molar-refractivity contribution in [3.8, 4) is 11.3 Å². The van der Waals surface area contributed by atoms with Gasteiger partial charge in [-0.25, -0.2) is 4.98 Å². The zero-order valence-corrected chi connectivity index (χ0v) is 14.5. The minimum atomic E-state index is 0.116. The van der Waals surface area contributed by atoms with Gasteiger partial charge < -0.3 is 9.88 Å². The molecule has 0 bridgehead atoms. The van der Waals surface area contributed by atoms with Gasteiger partial charge in [0.05, 0.1) is 5.69 Å². The molecule has 1 amide bonds. The van der Waals surface area contributed by atoms with Crippen LogP contribution in [0.5, 0.6) is 0 Å². The summed E-state index contributed by atoms with van der Waals surface area (Å²) in [6, 6.07) is 2.19. The van der Waals surface area contributed by atoms with E-state index in [1.165, 1.54) is 28.3 Å². The Morgan fingerprint density at radius 1 is 1.50 bits per heavy atom. The lowest BCUT2D eigenvalue weighted by Crippen LogP contribution is -2.14. The maximum atomic E-state index is 12.0. The Morgan fingerprint density at radius 3 is 2.86 bits per heavy atom. The molecule has 0 saturated heterocycles. The third kappa shape index (κ3) is 2.82. The predicted octanol–water partition coefficient (Wildman–Crippen LogP) is 4.23. The highest BCUT2D eigenvalue weighted by Gasteiger charge is 2.39. The van der Waals surface area contributed by atoms with E-state index in [1.54, 1.807) is 0 Å². The highest BCUT2D eigenvalue weighted by atomic mass is 32.1. The van der Waals surface area contributed by atoms with Gasteiger partial charge >= 0.3 is 0 Å². The third-order valence-electron chi connectivity index (χ3n) is 4.48. The van der Waals surface area contributed by atoms with E-state index in [4.69, 9.17) is 0 Å². The molecular formula is C17H23N3OS. The van der Waals surface area contributed by atoms with E-state index in [0.717, 1.165) is 25.1 Å². The fourth-order valence-electron chi connectivity index (χ4n) is 2.97. The van der Waals surface area contributed by atoms with Crippen LogP contribution in [0.15, 0.2) is 11.4 Å². The molecule has 22 heavy (non-hydrogen) atoms. The summed E-state index contributed by atoms with van der Waals surface area (Å²) in [5, 5.41) is 5.69. The number of nitrogens with zero attached hydrogens (tertiary/aromatic N) is 2. The number of carbonyl (C=O) groups excluding carboxylic acids is 1. The molecule has 3 rings (SSSR count). The topological polar surface area (TPSA) is 46.9 Å².